The summed E-state index contributed by atoms with van der Waals surface area (Å²) in [6.07, 6.45) is 2.70. The van der Waals surface area contributed by atoms with E-state index in [4.69, 9.17) is 0 Å². The van der Waals surface area contributed by atoms with E-state index >= 15 is 0 Å². The largest absolute Gasteiger partial charge is 0.316 e. The van der Waals surface area contributed by atoms with Crippen LogP contribution in [0, 0.1) is 18.8 Å². The highest BCUT2D eigenvalue weighted by molar-refractivity contribution is 5.33. The van der Waals surface area contributed by atoms with Gasteiger partial charge in [0, 0.05) is 12.0 Å². The van der Waals surface area contributed by atoms with Gasteiger partial charge in [-0.2, -0.15) is 0 Å². The summed E-state index contributed by atoms with van der Waals surface area (Å²) in [7, 11) is 0. The minimum absolute atomic E-state index is 0.400. The lowest BCUT2D eigenvalue weighted by molar-refractivity contribution is 0.0982. The van der Waals surface area contributed by atoms with Crippen LogP contribution in [0.15, 0.2) is 24.3 Å². The summed E-state index contributed by atoms with van der Waals surface area (Å²) in [5, 5.41) is 3.57. The first-order valence-electron chi connectivity index (χ1n) is 7.35. The second-order valence-electron chi connectivity index (χ2n) is 6.34. The van der Waals surface area contributed by atoms with Crippen molar-refractivity contribution in [2.24, 2.45) is 11.8 Å². The molecule has 0 bridgehead atoms. The number of aryl methyl sites for hydroxylation is 1. The minimum Gasteiger partial charge on any atom is -0.316 e. The fourth-order valence-corrected chi connectivity index (χ4v) is 3.24. The van der Waals surface area contributed by atoms with E-state index in [2.05, 4.69) is 57.3 Å². The Balaban J connectivity index is 2.17. The first-order chi connectivity index (χ1) is 8.57. The van der Waals surface area contributed by atoms with Gasteiger partial charge in [-0.25, -0.2) is 0 Å². The van der Waals surface area contributed by atoms with Gasteiger partial charge in [-0.05, 0) is 43.7 Å². The van der Waals surface area contributed by atoms with Crippen molar-refractivity contribution in [3.8, 4) is 0 Å². The average molecular weight is 245 g/mol. The summed E-state index contributed by atoms with van der Waals surface area (Å²) in [5.41, 5.74) is 3.33. The van der Waals surface area contributed by atoms with E-state index < -0.39 is 0 Å². The molecule has 1 heteroatoms. The zero-order valence-corrected chi connectivity index (χ0v) is 12.3. The molecule has 0 spiro atoms. The Kier molecular flexibility index (Phi) is 4.11. The Labute approximate surface area is 112 Å². The Morgan fingerprint density at radius 2 is 2.06 bits per heavy atom. The fourth-order valence-electron chi connectivity index (χ4n) is 3.24. The van der Waals surface area contributed by atoms with Gasteiger partial charge in [-0.1, -0.05) is 50.6 Å². The Morgan fingerprint density at radius 1 is 1.33 bits per heavy atom. The molecular formula is C17H27N. The molecule has 100 valence electrons. The van der Waals surface area contributed by atoms with Crippen LogP contribution in [0.2, 0.25) is 0 Å². The molecule has 1 saturated carbocycles. The molecule has 0 atom stereocenters. The zero-order chi connectivity index (χ0) is 13.2. The first kappa shape index (κ1) is 13.6. The molecule has 1 fully saturated rings. The van der Waals surface area contributed by atoms with Crippen LogP contribution < -0.4 is 5.32 Å². The molecule has 0 amide bonds. The summed E-state index contributed by atoms with van der Waals surface area (Å²) in [6, 6.07) is 9.11. The lowest BCUT2D eigenvalue weighted by Crippen LogP contribution is -2.50. The highest BCUT2D eigenvalue weighted by atomic mass is 14.9. The van der Waals surface area contributed by atoms with Crippen molar-refractivity contribution in [2.75, 3.05) is 13.1 Å². The molecular weight excluding hydrogens is 218 g/mol. The molecule has 0 heterocycles. The van der Waals surface area contributed by atoms with Crippen LogP contribution in [0.5, 0.6) is 0 Å². The number of rotatable bonds is 5. The second-order valence-corrected chi connectivity index (χ2v) is 6.34. The summed E-state index contributed by atoms with van der Waals surface area (Å²) < 4.78 is 0. The van der Waals surface area contributed by atoms with Gasteiger partial charge in [-0.3, -0.25) is 0 Å². The van der Waals surface area contributed by atoms with E-state index in [1.807, 2.05) is 0 Å². The van der Waals surface area contributed by atoms with Crippen LogP contribution in [-0.4, -0.2) is 13.1 Å². The van der Waals surface area contributed by atoms with E-state index in [1.165, 1.54) is 18.4 Å². The van der Waals surface area contributed by atoms with E-state index in [9.17, 15) is 0 Å². The molecule has 0 saturated heterocycles. The second kappa shape index (κ2) is 5.44. The van der Waals surface area contributed by atoms with Gasteiger partial charge >= 0.3 is 0 Å². The van der Waals surface area contributed by atoms with Gasteiger partial charge in [-0.15, -0.1) is 0 Å². The van der Waals surface area contributed by atoms with E-state index in [0.717, 1.165) is 24.9 Å². The normalized spacial score (nSPS) is 27.3. The van der Waals surface area contributed by atoms with Crippen molar-refractivity contribution >= 4 is 0 Å². The minimum atomic E-state index is 0.400. The first-order valence-corrected chi connectivity index (χ1v) is 7.35. The molecule has 1 aliphatic rings. The van der Waals surface area contributed by atoms with Crippen LogP contribution in [0.1, 0.15) is 44.7 Å². The predicted octanol–water partition coefficient (Wildman–Crippen LogP) is 3.91. The number of nitrogens with one attached hydrogen (secondary N) is 1. The molecule has 1 aromatic rings. The van der Waals surface area contributed by atoms with Gasteiger partial charge in [0.1, 0.15) is 0 Å². The standard InChI is InChI=1S/C17H27N/c1-5-18-12-17(10-15(11-17)13(2)3)16-8-6-7-14(4)9-16/h6-9,13,15,18H,5,10-12H2,1-4H3. The molecule has 0 radical (unpaired) electrons. The van der Waals surface area contributed by atoms with E-state index in [1.54, 1.807) is 5.56 Å². The number of likely N-dealkylation sites (N-methyl/N-ethyl adjacent to an activating group) is 1. The summed E-state index contributed by atoms with van der Waals surface area (Å²) in [5.74, 6) is 1.73. The smallest absolute Gasteiger partial charge is 0.00833 e. The Morgan fingerprint density at radius 3 is 2.61 bits per heavy atom. The maximum atomic E-state index is 3.57. The van der Waals surface area contributed by atoms with Crippen LogP contribution in [0.4, 0.5) is 0 Å². The van der Waals surface area contributed by atoms with E-state index in [-0.39, 0.29) is 0 Å². The fraction of sp³-hybridized carbons (Fsp3) is 0.647. The molecule has 0 unspecified atom stereocenters. The third-order valence-electron chi connectivity index (χ3n) is 4.59. The van der Waals surface area contributed by atoms with Crippen LogP contribution in [0.25, 0.3) is 0 Å². The van der Waals surface area contributed by atoms with Gasteiger partial charge in [0.2, 0.25) is 0 Å². The maximum absolute atomic E-state index is 3.57. The summed E-state index contributed by atoms with van der Waals surface area (Å²) >= 11 is 0. The number of hydrogen-bond donors (Lipinski definition) is 1. The summed E-state index contributed by atoms with van der Waals surface area (Å²) in [4.78, 5) is 0. The van der Waals surface area contributed by atoms with Crippen molar-refractivity contribution in [1.29, 1.82) is 0 Å². The van der Waals surface area contributed by atoms with Crippen molar-refractivity contribution in [3.63, 3.8) is 0 Å². The lowest BCUT2D eigenvalue weighted by Gasteiger charge is -2.50. The van der Waals surface area contributed by atoms with Crippen molar-refractivity contribution in [2.45, 2.75) is 46.0 Å². The van der Waals surface area contributed by atoms with Gasteiger partial charge < -0.3 is 5.32 Å². The van der Waals surface area contributed by atoms with Crippen LogP contribution in [-0.2, 0) is 5.41 Å². The van der Waals surface area contributed by atoms with Crippen molar-refractivity contribution in [3.05, 3.63) is 35.4 Å². The highest BCUT2D eigenvalue weighted by Gasteiger charge is 2.45. The molecule has 1 aromatic carbocycles. The van der Waals surface area contributed by atoms with Crippen molar-refractivity contribution in [1.82, 2.24) is 5.32 Å². The van der Waals surface area contributed by atoms with Crippen LogP contribution >= 0.6 is 0 Å². The molecule has 1 nitrogen and oxygen atoms in total. The summed E-state index contributed by atoms with van der Waals surface area (Å²) in [6.45, 7) is 11.3. The quantitative estimate of drug-likeness (QED) is 0.829. The maximum Gasteiger partial charge on any atom is 0.00833 e. The average Bonchev–Trinajstić information content (AvgIpc) is 2.27. The predicted molar refractivity (Wildman–Crippen MR) is 79.0 cm³/mol. The van der Waals surface area contributed by atoms with Crippen molar-refractivity contribution < 1.29 is 0 Å². The number of hydrogen-bond acceptors (Lipinski definition) is 1. The Hall–Kier alpha value is -0.820. The van der Waals surface area contributed by atoms with Crippen LogP contribution in [0.3, 0.4) is 0 Å². The molecule has 2 rings (SSSR count). The highest BCUT2D eigenvalue weighted by Crippen LogP contribution is 2.50. The molecule has 1 aliphatic carbocycles. The van der Waals surface area contributed by atoms with Gasteiger partial charge in [0.15, 0.2) is 0 Å². The zero-order valence-electron chi connectivity index (χ0n) is 12.3. The lowest BCUT2D eigenvalue weighted by atomic mass is 9.55. The number of benzene rings is 1. The molecule has 1 N–H and O–H groups in total. The monoisotopic (exact) mass is 245 g/mol. The third kappa shape index (κ3) is 2.61. The molecule has 18 heavy (non-hydrogen) atoms. The van der Waals surface area contributed by atoms with Gasteiger partial charge in [0.25, 0.3) is 0 Å². The SMILES string of the molecule is CCNCC1(c2cccc(C)c2)CC(C(C)C)C1. The molecule has 0 aliphatic heterocycles. The Bertz CT molecular complexity index is 388. The van der Waals surface area contributed by atoms with Gasteiger partial charge in [0.05, 0.1) is 0 Å². The molecule has 0 aromatic heterocycles. The third-order valence-corrected chi connectivity index (χ3v) is 4.59. The topological polar surface area (TPSA) is 12.0 Å². The van der Waals surface area contributed by atoms with E-state index in [0.29, 0.717) is 5.41 Å².